The van der Waals surface area contributed by atoms with Gasteiger partial charge in [-0.25, -0.2) is 0 Å². The number of hydrogen-bond acceptors (Lipinski definition) is 5. The first kappa shape index (κ1) is 13.4. The number of ketones is 1. The predicted molar refractivity (Wildman–Crippen MR) is 74.4 cm³/mol. The Labute approximate surface area is 114 Å². The van der Waals surface area contributed by atoms with Gasteiger partial charge in [0.15, 0.2) is 5.78 Å². The van der Waals surface area contributed by atoms with E-state index in [4.69, 9.17) is 0 Å². The van der Waals surface area contributed by atoms with Crippen LogP contribution in [0.4, 0.5) is 11.4 Å². The Morgan fingerprint density at radius 3 is 2.60 bits per heavy atom. The Kier molecular flexibility index (Phi) is 4.18. The molecule has 6 nitrogen and oxygen atoms in total. The van der Waals surface area contributed by atoms with Crippen LogP contribution in [0.25, 0.3) is 0 Å². The molecule has 6 heteroatoms. The predicted octanol–water partition coefficient (Wildman–Crippen LogP) is 2.80. The van der Waals surface area contributed by atoms with Gasteiger partial charge in [0.1, 0.15) is 0 Å². The van der Waals surface area contributed by atoms with Crippen molar-refractivity contribution in [1.29, 1.82) is 0 Å². The van der Waals surface area contributed by atoms with Crippen LogP contribution in [0.1, 0.15) is 10.4 Å². The monoisotopic (exact) mass is 269 g/mol. The van der Waals surface area contributed by atoms with Crippen molar-refractivity contribution < 1.29 is 9.72 Å². The zero-order valence-electron chi connectivity index (χ0n) is 10.4. The number of benzene rings is 1. The SMILES string of the molecule is O=C(C=CNc1ccc([N+](=O)[O-])cc1)c1cccnc1. The molecule has 1 aromatic carbocycles. The summed E-state index contributed by atoms with van der Waals surface area (Å²) in [7, 11) is 0. The van der Waals surface area contributed by atoms with Crippen LogP contribution in [0.5, 0.6) is 0 Å². The summed E-state index contributed by atoms with van der Waals surface area (Å²) in [5, 5.41) is 13.4. The van der Waals surface area contributed by atoms with Gasteiger partial charge < -0.3 is 5.32 Å². The average molecular weight is 269 g/mol. The third-order valence-electron chi connectivity index (χ3n) is 2.51. The highest BCUT2D eigenvalue weighted by Gasteiger charge is 2.03. The Balaban J connectivity index is 1.96. The van der Waals surface area contributed by atoms with Crippen molar-refractivity contribution in [2.24, 2.45) is 0 Å². The third kappa shape index (κ3) is 3.49. The van der Waals surface area contributed by atoms with Gasteiger partial charge in [-0.1, -0.05) is 0 Å². The molecule has 0 radical (unpaired) electrons. The topological polar surface area (TPSA) is 85.1 Å². The second kappa shape index (κ2) is 6.24. The molecule has 0 spiro atoms. The molecule has 0 aliphatic heterocycles. The summed E-state index contributed by atoms with van der Waals surface area (Å²) in [6.45, 7) is 0. The van der Waals surface area contributed by atoms with Crippen molar-refractivity contribution in [2.45, 2.75) is 0 Å². The van der Waals surface area contributed by atoms with Gasteiger partial charge in [0.25, 0.3) is 5.69 Å². The minimum absolute atomic E-state index is 0.0194. The van der Waals surface area contributed by atoms with E-state index in [9.17, 15) is 14.9 Å². The zero-order valence-corrected chi connectivity index (χ0v) is 10.4. The number of carbonyl (C=O) groups excluding carboxylic acids is 1. The lowest BCUT2D eigenvalue weighted by atomic mass is 10.2. The number of rotatable bonds is 5. The molecule has 0 fully saturated rings. The number of aromatic nitrogens is 1. The molecule has 0 aliphatic rings. The Hall–Kier alpha value is -3.02. The maximum Gasteiger partial charge on any atom is 0.269 e. The van der Waals surface area contributed by atoms with Crippen LogP contribution in [0.15, 0.2) is 61.1 Å². The molecule has 2 rings (SSSR count). The highest BCUT2D eigenvalue weighted by atomic mass is 16.6. The zero-order chi connectivity index (χ0) is 14.4. The number of nitro groups is 1. The number of pyridine rings is 1. The van der Waals surface area contributed by atoms with Crippen molar-refractivity contribution in [3.63, 3.8) is 0 Å². The maximum absolute atomic E-state index is 11.7. The fraction of sp³-hybridized carbons (Fsp3) is 0. The second-order valence-corrected chi connectivity index (χ2v) is 3.89. The van der Waals surface area contributed by atoms with Gasteiger partial charge in [0.05, 0.1) is 4.92 Å². The molecule has 0 saturated carbocycles. The molecule has 0 amide bonds. The number of allylic oxidation sites excluding steroid dienone is 1. The largest absolute Gasteiger partial charge is 0.362 e. The Morgan fingerprint density at radius 1 is 1.25 bits per heavy atom. The fourth-order valence-electron chi connectivity index (χ4n) is 1.50. The quantitative estimate of drug-likeness (QED) is 0.390. The molecule has 20 heavy (non-hydrogen) atoms. The van der Waals surface area contributed by atoms with Gasteiger partial charge in [0, 0.05) is 48.1 Å². The number of carbonyl (C=O) groups is 1. The molecule has 2 aromatic rings. The molecule has 0 atom stereocenters. The number of anilines is 1. The van der Waals surface area contributed by atoms with Crippen LogP contribution < -0.4 is 5.32 Å². The minimum Gasteiger partial charge on any atom is -0.362 e. The summed E-state index contributed by atoms with van der Waals surface area (Å²) in [5.74, 6) is -0.174. The molecule has 0 aliphatic carbocycles. The first-order valence-corrected chi connectivity index (χ1v) is 5.79. The molecule has 0 unspecified atom stereocenters. The van der Waals surface area contributed by atoms with E-state index in [-0.39, 0.29) is 11.5 Å². The van der Waals surface area contributed by atoms with Crippen LogP contribution in [0.2, 0.25) is 0 Å². The van der Waals surface area contributed by atoms with E-state index in [0.29, 0.717) is 11.3 Å². The van der Waals surface area contributed by atoms with Crippen LogP contribution >= 0.6 is 0 Å². The highest BCUT2D eigenvalue weighted by molar-refractivity contribution is 6.04. The molecule has 0 saturated heterocycles. The first-order valence-electron chi connectivity index (χ1n) is 5.79. The summed E-state index contributed by atoms with van der Waals surface area (Å²) >= 11 is 0. The van der Waals surface area contributed by atoms with E-state index in [2.05, 4.69) is 10.3 Å². The molecule has 1 heterocycles. The number of nitrogens with one attached hydrogen (secondary N) is 1. The first-order chi connectivity index (χ1) is 9.66. The number of nitro benzene ring substituents is 1. The second-order valence-electron chi connectivity index (χ2n) is 3.89. The maximum atomic E-state index is 11.7. The van der Waals surface area contributed by atoms with Crippen LogP contribution in [-0.4, -0.2) is 15.7 Å². The van der Waals surface area contributed by atoms with Gasteiger partial charge in [-0.05, 0) is 24.3 Å². The van der Waals surface area contributed by atoms with E-state index in [1.807, 2.05) is 0 Å². The van der Waals surface area contributed by atoms with Crippen LogP contribution in [-0.2, 0) is 0 Å². The fourth-order valence-corrected chi connectivity index (χ4v) is 1.50. The average Bonchev–Trinajstić information content (AvgIpc) is 2.48. The number of hydrogen-bond donors (Lipinski definition) is 1. The molecule has 100 valence electrons. The van der Waals surface area contributed by atoms with Crippen molar-refractivity contribution in [1.82, 2.24) is 4.98 Å². The van der Waals surface area contributed by atoms with Gasteiger partial charge >= 0.3 is 0 Å². The number of non-ortho nitro benzene ring substituents is 1. The van der Waals surface area contributed by atoms with E-state index >= 15 is 0 Å². The lowest BCUT2D eigenvalue weighted by Crippen LogP contribution is -1.96. The van der Waals surface area contributed by atoms with E-state index in [0.717, 1.165) is 0 Å². The van der Waals surface area contributed by atoms with Gasteiger partial charge in [-0.15, -0.1) is 0 Å². The van der Waals surface area contributed by atoms with Gasteiger partial charge in [-0.3, -0.25) is 19.9 Å². The van der Waals surface area contributed by atoms with E-state index < -0.39 is 4.92 Å². The van der Waals surface area contributed by atoms with Crippen molar-refractivity contribution in [2.75, 3.05) is 5.32 Å². The van der Waals surface area contributed by atoms with Crippen molar-refractivity contribution in [3.05, 3.63) is 76.7 Å². The minimum atomic E-state index is -0.467. The third-order valence-corrected chi connectivity index (χ3v) is 2.51. The highest BCUT2D eigenvalue weighted by Crippen LogP contribution is 2.15. The molecular formula is C14H11N3O3. The Bertz CT molecular complexity index is 636. The van der Waals surface area contributed by atoms with E-state index in [1.165, 1.54) is 30.6 Å². The molecule has 1 aromatic heterocycles. The molecular weight excluding hydrogens is 258 g/mol. The lowest BCUT2D eigenvalue weighted by Gasteiger charge is -1.99. The normalized spacial score (nSPS) is 10.4. The summed E-state index contributed by atoms with van der Waals surface area (Å²) in [6, 6.07) is 9.27. The summed E-state index contributed by atoms with van der Waals surface area (Å²) in [6.07, 6.45) is 5.93. The molecule has 0 bridgehead atoms. The number of nitrogens with zero attached hydrogens (tertiary/aromatic N) is 2. The van der Waals surface area contributed by atoms with E-state index in [1.54, 1.807) is 30.5 Å². The summed E-state index contributed by atoms with van der Waals surface area (Å²) < 4.78 is 0. The van der Waals surface area contributed by atoms with Crippen LogP contribution in [0, 0.1) is 10.1 Å². The lowest BCUT2D eigenvalue weighted by molar-refractivity contribution is -0.384. The van der Waals surface area contributed by atoms with Gasteiger partial charge in [-0.2, -0.15) is 0 Å². The smallest absolute Gasteiger partial charge is 0.269 e. The van der Waals surface area contributed by atoms with Crippen LogP contribution in [0.3, 0.4) is 0 Å². The summed E-state index contributed by atoms with van der Waals surface area (Å²) in [5.41, 5.74) is 1.17. The van der Waals surface area contributed by atoms with Crippen molar-refractivity contribution >= 4 is 17.2 Å². The Morgan fingerprint density at radius 2 is 2.00 bits per heavy atom. The summed E-state index contributed by atoms with van der Waals surface area (Å²) in [4.78, 5) is 25.6. The standard InChI is InChI=1S/C14H11N3O3/c18-14(11-2-1-8-15-10-11)7-9-16-12-3-5-13(6-4-12)17(19)20/h1-10,16H. The van der Waals surface area contributed by atoms with Crippen molar-refractivity contribution in [3.8, 4) is 0 Å². The van der Waals surface area contributed by atoms with Gasteiger partial charge in [0.2, 0.25) is 0 Å². The molecule has 1 N–H and O–H groups in total.